The van der Waals surface area contributed by atoms with E-state index in [-0.39, 0.29) is 36.4 Å². The van der Waals surface area contributed by atoms with E-state index in [2.05, 4.69) is 23.2 Å². The van der Waals surface area contributed by atoms with Crippen molar-refractivity contribution < 1.29 is 55.4 Å². The minimum atomic E-state index is -5.51. The van der Waals surface area contributed by atoms with Gasteiger partial charge in [0.1, 0.15) is 13.2 Å². The van der Waals surface area contributed by atoms with Crippen LogP contribution in [0, 0.1) is 0 Å². The van der Waals surface area contributed by atoms with Gasteiger partial charge in [-0.15, -0.1) is 9.25 Å². The van der Waals surface area contributed by atoms with Crippen molar-refractivity contribution in [3.8, 4) is 0 Å². The van der Waals surface area contributed by atoms with Crippen LogP contribution in [0.5, 0.6) is 0 Å². The number of carbonyl (C=O) groups is 3. The van der Waals surface area contributed by atoms with Crippen molar-refractivity contribution in [2.24, 2.45) is 0 Å². The second kappa shape index (κ2) is 6.22. The SMILES string of the molecule is O=C1OCCN1OP(=O)(OC(=O)C(F)(F)F)ON1CCOC1=O. The Bertz CT molecular complexity index is 535. The summed E-state index contributed by atoms with van der Waals surface area (Å²) in [6, 6.07) is 0. The van der Waals surface area contributed by atoms with Crippen LogP contribution in [-0.4, -0.2) is 60.8 Å². The van der Waals surface area contributed by atoms with Crippen molar-refractivity contribution in [1.29, 1.82) is 0 Å². The first-order valence-corrected chi connectivity index (χ1v) is 7.25. The highest BCUT2D eigenvalue weighted by Gasteiger charge is 2.50. The van der Waals surface area contributed by atoms with Crippen LogP contribution in [0.15, 0.2) is 0 Å². The van der Waals surface area contributed by atoms with Crippen LogP contribution in [0.1, 0.15) is 0 Å². The molecule has 0 unspecified atom stereocenters. The van der Waals surface area contributed by atoms with Crippen molar-refractivity contribution in [3.63, 3.8) is 0 Å². The molecule has 0 spiro atoms. The average Bonchev–Trinajstić information content (AvgIpc) is 2.98. The highest BCUT2D eigenvalue weighted by Crippen LogP contribution is 2.53. The lowest BCUT2D eigenvalue weighted by Crippen LogP contribution is -2.32. The van der Waals surface area contributed by atoms with Gasteiger partial charge >= 0.3 is 32.2 Å². The van der Waals surface area contributed by atoms with Gasteiger partial charge in [0.05, 0.1) is 13.1 Å². The Morgan fingerprint density at radius 2 is 1.48 bits per heavy atom. The number of phosphoric acid groups is 1. The van der Waals surface area contributed by atoms with Crippen LogP contribution in [-0.2, 0) is 32.6 Å². The second-order valence-corrected chi connectivity index (χ2v) is 5.32. The van der Waals surface area contributed by atoms with Crippen LogP contribution in [0.3, 0.4) is 0 Å². The number of hydroxylamine groups is 4. The van der Waals surface area contributed by atoms with Crippen molar-refractivity contribution in [2.75, 3.05) is 26.3 Å². The van der Waals surface area contributed by atoms with E-state index in [4.69, 9.17) is 0 Å². The predicted octanol–water partition coefficient (Wildman–Crippen LogP) is 0.968. The number of carbonyl (C=O) groups excluding carboxylic acids is 3. The summed E-state index contributed by atoms with van der Waals surface area (Å²) in [6.07, 6.45) is -7.90. The number of nitrogens with zero attached hydrogens (tertiary/aromatic N) is 2. The molecule has 11 nitrogen and oxygen atoms in total. The monoisotopic (exact) mass is 364 g/mol. The first-order valence-electron chi connectivity index (χ1n) is 5.79. The normalized spacial score (nSPS) is 18.9. The molecule has 15 heteroatoms. The molecule has 2 amide bonds. The molecule has 0 saturated carbocycles. The van der Waals surface area contributed by atoms with Crippen molar-refractivity contribution >= 4 is 26.0 Å². The van der Waals surface area contributed by atoms with E-state index in [0.717, 1.165) is 0 Å². The number of hydrogen-bond donors (Lipinski definition) is 0. The highest BCUT2D eigenvalue weighted by atomic mass is 31.2. The predicted molar refractivity (Wildman–Crippen MR) is 58.0 cm³/mol. The quantitative estimate of drug-likeness (QED) is 0.657. The van der Waals surface area contributed by atoms with Crippen LogP contribution in [0.4, 0.5) is 22.8 Å². The summed E-state index contributed by atoms with van der Waals surface area (Å²) in [6.45, 7) is -1.06. The fraction of sp³-hybridized carbons (Fsp3) is 0.625. The van der Waals surface area contributed by atoms with E-state index < -0.39 is 32.2 Å². The lowest BCUT2D eigenvalue weighted by atomic mass is 10.7. The van der Waals surface area contributed by atoms with Crippen molar-refractivity contribution in [3.05, 3.63) is 0 Å². The average molecular weight is 364 g/mol. The van der Waals surface area contributed by atoms with Gasteiger partial charge in [-0.05, 0) is 0 Å². The molecule has 2 fully saturated rings. The number of cyclic esters (lactones) is 2. The second-order valence-electron chi connectivity index (χ2n) is 3.92. The first-order chi connectivity index (χ1) is 10.6. The number of alkyl halides is 3. The number of hydrogen-bond acceptors (Lipinski definition) is 9. The van der Waals surface area contributed by atoms with E-state index in [1.165, 1.54) is 0 Å². The van der Waals surface area contributed by atoms with E-state index in [1.807, 2.05) is 0 Å². The number of rotatable bonds is 5. The largest absolute Gasteiger partial charge is 0.577 e. The molecule has 2 saturated heterocycles. The lowest BCUT2D eigenvalue weighted by Gasteiger charge is -2.23. The maximum atomic E-state index is 12.2. The van der Waals surface area contributed by atoms with Gasteiger partial charge in [-0.2, -0.15) is 23.3 Å². The van der Waals surface area contributed by atoms with Gasteiger partial charge in [-0.25, -0.2) is 18.9 Å². The third-order valence-corrected chi connectivity index (χ3v) is 3.45. The van der Waals surface area contributed by atoms with Crippen molar-refractivity contribution in [1.82, 2.24) is 10.1 Å². The van der Waals surface area contributed by atoms with Gasteiger partial charge in [0.25, 0.3) is 0 Å². The van der Waals surface area contributed by atoms with Gasteiger partial charge in [-0.1, -0.05) is 0 Å². The summed E-state index contributed by atoms with van der Waals surface area (Å²) in [5, 5.41) is 0.456. The van der Waals surface area contributed by atoms with E-state index in [1.54, 1.807) is 0 Å². The Balaban J connectivity index is 2.15. The fourth-order valence-electron chi connectivity index (χ4n) is 1.35. The Morgan fingerprint density at radius 1 is 1.04 bits per heavy atom. The van der Waals surface area contributed by atoms with Gasteiger partial charge in [0.2, 0.25) is 0 Å². The smallest absolute Gasteiger partial charge is 0.446 e. The summed E-state index contributed by atoms with van der Waals surface area (Å²) in [4.78, 5) is 33.2. The zero-order chi connectivity index (χ0) is 17.3. The number of halogens is 3. The molecule has 0 aromatic rings. The minimum absolute atomic E-state index is 0.211. The summed E-state index contributed by atoms with van der Waals surface area (Å²) in [7, 11) is -5.36. The summed E-state index contributed by atoms with van der Waals surface area (Å²) in [5.74, 6) is -2.90. The Hall–Kier alpha value is -2.05. The molecule has 0 bridgehead atoms. The molecule has 2 aliphatic rings. The molecular formula is C8H8F3N2O9P. The van der Waals surface area contributed by atoms with Crippen molar-refractivity contribution in [2.45, 2.75) is 6.18 Å². The highest BCUT2D eigenvalue weighted by molar-refractivity contribution is 7.49. The zero-order valence-corrected chi connectivity index (χ0v) is 11.9. The van der Waals surface area contributed by atoms with E-state index in [9.17, 15) is 32.1 Å². The molecule has 0 N–H and O–H groups in total. The molecule has 0 atom stereocenters. The summed E-state index contributed by atoms with van der Waals surface area (Å²) < 4.78 is 70.1. The van der Waals surface area contributed by atoms with Gasteiger partial charge in [-0.3, -0.25) is 0 Å². The Labute approximate surface area is 125 Å². The third-order valence-electron chi connectivity index (χ3n) is 2.27. The molecule has 130 valence electrons. The number of ether oxygens (including phenoxy) is 2. The van der Waals surface area contributed by atoms with Gasteiger partial charge < -0.3 is 14.0 Å². The summed E-state index contributed by atoms with van der Waals surface area (Å²) in [5.41, 5.74) is 0. The maximum Gasteiger partial charge on any atom is 0.577 e. The Kier molecular flexibility index (Phi) is 4.68. The molecule has 0 aliphatic carbocycles. The molecule has 23 heavy (non-hydrogen) atoms. The van der Waals surface area contributed by atoms with E-state index >= 15 is 0 Å². The molecule has 2 rings (SSSR count). The molecule has 2 aliphatic heterocycles. The molecule has 0 radical (unpaired) electrons. The Morgan fingerprint density at radius 3 is 1.78 bits per heavy atom. The third kappa shape index (κ3) is 4.24. The minimum Gasteiger partial charge on any atom is -0.446 e. The van der Waals surface area contributed by atoms with Crippen LogP contribution >= 0.6 is 7.82 Å². The topological polar surface area (TPSA) is 121 Å². The van der Waals surface area contributed by atoms with Gasteiger partial charge in [0.15, 0.2) is 0 Å². The van der Waals surface area contributed by atoms with Crippen LogP contribution in [0.25, 0.3) is 0 Å². The van der Waals surface area contributed by atoms with E-state index in [0.29, 0.717) is 0 Å². The van der Waals surface area contributed by atoms with Crippen LogP contribution in [0.2, 0.25) is 0 Å². The molecule has 2 heterocycles. The first kappa shape index (κ1) is 17.3. The molecular weight excluding hydrogens is 356 g/mol. The molecule has 0 aromatic carbocycles. The standard InChI is InChI=1S/C8H8F3N2O9P/c9-8(10,11)5(14)20-23(17,21-12-1-3-18-6(12)15)22-13-2-4-19-7(13)16/h1-4H2. The lowest BCUT2D eigenvalue weighted by molar-refractivity contribution is -0.195. The van der Waals surface area contributed by atoms with Crippen LogP contribution < -0.4 is 0 Å². The number of amides is 2. The fourth-order valence-corrected chi connectivity index (χ4v) is 2.53. The zero-order valence-electron chi connectivity index (χ0n) is 11.0. The molecule has 0 aromatic heterocycles. The summed E-state index contributed by atoms with van der Waals surface area (Å²) >= 11 is 0. The van der Waals surface area contributed by atoms with Gasteiger partial charge in [0, 0.05) is 0 Å². The maximum absolute atomic E-state index is 12.2.